The van der Waals surface area contributed by atoms with Gasteiger partial charge in [-0.05, 0) is 52.5 Å². The van der Waals surface area contributed by atoms with Crippen molar-refractivity contribution in [2.24, 2.45) is 0 Å². The number of hydrogen-bond acceptors (Lipinski definition) is 4. The molecule has 1 rings (SSSR count). The maximum atomic E-state index is 9.74. The lowest BCUT2D eigenvalue weighted by Crippen LogP contribution is -2.30. The summed E-state index contributed by atoms with van der Waals surface area (Å²) in [4.78, 5) is 2.31. The third-order valence-corrected chi connectivity index (χ3v) is 2.96. The SMILES string of the molecule is CC(C)N(C)CCCNCC(O)c1ccco1. The molecular formula is C13H24N2O2. The molecule has 2 N–H and O–H groups in total. The summed E-state index contributed by atoms with van der Waals surface area (Å²) in [6.45, 7) is 6.90. The Labute approximate surface area is 104 Å². The molecule has 0 aliphatic rings. The summed E-state index contributed by atoms with van der Waals surface area (Å²) in [7, 11) is 2.13. The molecule has 0 aromatic carbocycles. The van der Waals surface area contributed by atoms with Crippen LogP contribution >= 0.6 is 0 Å². The van der Waals surface area contributed by atoms with Crippen molar-refractivity contribution in [3.8, 4) is 0 Å². The van der Waals surface area contributed by atoms with Crippen molar-refractivity contribution < 1.29 is 9.52 Å². The third kappa shape index (κ3) is 5.35. The lowest BCUT2D eigenvalue weighted by Gasteiger charge is -2.20. The molecule has 98 valence electrons. The molecule has 4 nitrogen and oxygen atoms in total. The lowest BCUT2D eigenvalue weighted by molar-refractivity contribution is 0.147. The first kappa shape index (κ1) is 14.2. The smallest absolute Gasteiger partial charge is 0.133 e. The minimum absolute atomic E-state index is 0.541. The van der Waals surface area contributed by atoms with Crippen LogP contribution in [0.15, 0.2) is 22.8 Å². The molecule has 0 saturated heterocycles. The van der Waals surface area contributed by atoms with Crippen molar-refractivity contribution in [3.63, 3.8) is 0 Å². The van der Waals surface area contributed by atoms with Crippen molar-refractivity contribution in [2.75, 3.05) is 26.7 Å². The predicted octanol–water partition coefficient (Wildman–Crippen LogP) is 1.63. The fraction of sp³-hybridized carbons (Fsp3) is 0.692. The van der Waals surface area contributed by atoms with E-state index in [1.54, 1.807) is 18.4 Å². The highest BCUT2D eigenvalue weighted by atomic mass is 16.4. The van der Waals surface area contributed by atoms with Gasteiger partial charge in [0.05, 0.1) is 6.26 Å². The summed E-state index contributed by atoms with van der Waals surface area (Å²) >= 11 is 0. The van der Waals surface area contributed by atoms with E-state index in [4.69, 9.17) is 4.42 Å². The molecule has 17 heavy (non-hydrogen) atoms. The number of rotatable bonds is 8. The van der Waals surface area contributed by atoms with Gasteiger partial charge in [-0.3, -0.25) is 0 Å². The minimum atomic E-state index is -0.548. The quantitative estimate of drug-likeness (QED) is 0.678. The van der Waals surface area contributed by atoms with E-state index in [2.05, 4.69) is 31.1 Å². The van der Waals surface area contributed by atoms with Crippen LogP contribution in [0.25, 0.3) is 0 Å². The Morgan fingerprint density at radius 1 is 1.47 bits per heavy atom. The molecule has 0 amide bonds. The summed E-state index contributed by atoms with van der Waals surface area (Å²) in [5.74, 6) is 0.622. The molecule has 0 aliphatic heterocycles. The summed E-state index contributed by atoms with van der Waals surface area (Å²) in [5.41, 5.74) is 0. The van der Waals surface area contributed by atoms with E-state index in [9.17, 15) is 5.11 Å². The molecule has 1 heterocycles. The molecule has 1 aromatic rings. The molecular weight excluding hydrogens is 216 g/mol. The fourth-order valence-corrected chi connectivity index (χ4v) is 1.53. The van der Waals surface area contributed by atoms with E-state index in [0.717, 1.165) is 19.5 Å². The van der Waals surface area contributed by atoms with Gasteiger partial charge in [-0.25, -0.2) is 0 Å². The van der Waals surface area contributed by atoms with E-state index < -0.39 is 6.10 Å². The number of nitrogens with one attached hydrogen (secondary N) is 1. The molecule has 1 unspecified atom stereocenters. The van der Waals surface area contributed by atoms with Gasteiger partial charge in [0.1, 0.15) is 11.9 Å². The van der Waals surface area contributed by atoms with E-state index >= 15 is 0 Å². The minimum Gasteiger partial charge on any atom is -0.467 e. The van der Waals surface area contributed by atoms with E-state index in [1.807, 2.05) is 0 Å². The van der Waals surface area contributed by atoms with Crippen LogP contribution in [-0.4, -0.2) is 42.7 Å². The van der Waals surface area contributed by atoms with Gasteiger partial charge in [-0.2, -0.15) is 0 Å². The Bertz CT molecular complexity index is 286. The molecule has 0 spiro atoms. The standard InChI is InChI=1S/C13H24N2O2/c1-11(2)15(3)8-5-7-14-10-12(16)13-6-4-9-17-13/h4,6,9,11-12,14,16H,5,7-8,10H2,1-3H3. The van der Waals surface area contributed by atoms with Crippen molar-refractivity contribution in [3.05, 3.63) is 24.2 Å². The largest absolute Gasteiger partial charge is 0.467 e. The van der Waals surface area contributed by atoms with Crippen LogP contribution < -0.4 is 5.32 Å². The Kier molecular flexibility index (Phi) is 6.26. The highest BCUT2D eigenvalue weighted by Gasteiger charge is 2.09. The topological polar surface area (TPSA) is 48.6 Å². The van der Waals surface area contributed by atoms with Gasteiger partial charge in [-0.15, -0.1) is 0 Å². The molecule has 0 fully saturated rings. The van der Waals surface area contributed by atoms with Crippen LogP contribution in [0.3, 0.4) is 0 Å². The first-order valence-corrected chi connectivity index (χ1v) is 6.23. The first-order valence-electron chi connectivity index (χ1n) is 6.23. The average Bonchev–Trinajstić information content (AvgIpc) is 2.81. The van der Waals surface area contributed by atoms with Crippen LogP contribution in [0.5, 0.6) is 0 Å². The van der Waals surface area contributed by atoms with Crippen LogP contribution in [0.4, 0.5) is 0 Å². The van der Waals surface area contributed by atoms with Crippen molar-refractivity contribution in [2.45, 2.75) is 32.4 Å². The summed E-state index contributed by atoms with van der Waals surface area (Å²) < 4.78 is 5.12. The van der Waals surface area contributed by atoms with Gasteiger partial charge in [-0.1, -0.05) is 0 Å². The second kappa shape index (κ2) is 7.48. The van der Waals surface area contributed by atoms with Gasteiger partial charge in [0.25, 0.3) is 0 Å². The Balaban J connectivity index is 2.05. The highest BCUT2D eigenvalue weighted by Crippen LogP contribution is 2.11. The number of aliphatic hydroxyl groups is 1. The first-order chi connectivity index (χ1) is 8.11. The second-order valence-electron chi connectivity index (χ2n) is 4.66. The van der Waals surface area contributed by atoms with E-state index in [0.29, 0.717) is 18.3 Å². The second-order valence-corrected chi connectivity index (χ2v) is 4.66. The van der Waals surface area contributed by atoms with Gasteiger partial charge in [0.2, 0.25) is 0 Å². The predicted molar refractivity (Wildman–Crippen MR) is 68.9 cm³/mol. The summed E-state index contributed by atoms with van der Waals surface area (Å²) in [5, 5.41) is 13.0. The van der Waals surface area contributed by atoms with Gasteiger partial charge < -0.3 is 19.7 Å². The highest BCUT2D eigenvalue weighted by molar-refractivity contribution is 5.01. The summed E-state index contributed by atoms with van der Waals surface area (Å²) in [6.07, 6.45) is 2.11. The average molecular weight is 240 g/mol. The van der Waals surface area contributed by atoms with Crippen LogP contribution in [-0.2, 0) is 0 Å². The number of furan rings is 1. The lowest BCUT2D eigenvalue weighted by atomic mass is 10.2. The number of aliphatic hydroxyl groups excluding tert-OH is 1. The molecule has 0 radical (unpaired) electrons. The molecule has 0 bridgehead atoms. The zero-order chi connectivity index (χ0) is 12.7. The number of nitrogens with zero attached hydrogens (tertiary/aromatic N) is 1. The monoisotopic (exact) mass is 240 g/mol. The summed E-state index contributed by atoms with van der Waals surface area (Å²) in [6, 6.07) is 4.17. The number of hydrogen-bond donors (Lipinski definition) is 2. The molecule has 0 aliphatic carbocycles. The van der Waals surface area contributed by atoms with Crippen molar-refractivity contribution >= 4 is 0 Å². The molecule has 1 atom stereocenters. The maximum Gasteiger partial charge on any atom is 0.133 e. The van der Waals surface area contributed by atoms with Crippen LogP contribution in [0.1, 0.15) is 32.1 Å². The molecule has 0 saturated carbocycles. The van der Waals surface area contributed by atoms with Gasteiger partial charge in [0.15, 0.2) is 0 Å². The zero-order valence-corrected chi connectivity index (χ0v) is 11.0. The van der Waals surface area contributed by atoms with Crippen molar-refractivity contribution in [1.29, 1.82) is 0 Å². The fourth-order valence-electron chi connectivity index (χ4n) is 1.53. The Morgan fingerprint density at radius 3 is 2.82 bits per heavy atom. The van der Waals surface area contributed by atoms with Crippen LogP contribution in [0.2, 0.25) is 0 Å². The maximum absolute atomic E-state index is 9.74. The Morgan fingerprint density at radius 2 is 2.24 bits per heavy atom. The normalized spacial score (nSPS) is 13.5. The van der Waals surface area contributed by atoms with E-state index in [-0.39, 0.29) is 0 Å². The Hall–Kier alpha value is -0.840. The van der Waals surface area contributed by atoms with Crippen molar-refractivity contribution in [1.82, 2.24) is 10.2 Å². The van der Waals surface area contributed by atoms with Crippen LogP contribution in [0, 0.1) is 0 Å². The molecule has 1 aromatic heterocycles. The molecule has 4 heteroatoms. The van der Waals surface area contributed by atoms with E-state index in [1.165, 1.54) is 0 Å². The van der Waals surface area contributed by atoms with Gasteiger partial charge in [0, 0.05) is 12.6 Å². The zero-order valence-electron chi connectivity index (χ0n) is 11.0. The van der Waals surface area contributed by atoms with Gasteiger partial charge >= 0.3 is 0 Å². The third-order valence-electron chi connectivity index (χ3n) is 2.96.